The summed E-state index contributed by atoms with van der Waals surface area (Å²) >= 11 is 2.79. The number of hydrogen-bond acceptors (Lipinski definition) is 6. The Morgan fingerprint density at radius 3 is 2.67 bits per heavy atom. The van der Waals surface area contributed by atoms with E-state index in [1.54, 1.807) is 0 Å². The minimum Gasteiger partial charge on any atom is -0.397 e. The van der Waals surface area contributed by atoms with Crippen LogP contribution in [-0.2, 0) is 0 Å². The third kappa shape index (κ3) is 2.50. The SMILES string of the molecule is Cc1csc(NC(=O)c2sc3cc(C)nc(C)c3c2N)n1. The highest BCUT2D eigenvalue weighted by Crippen LogP contribution is 2.36. The molecule has 3 N–H and O–H groups in total. The van der Waals surface area contributed by atoms with Gasteiger partial charge in [0.05, 0.1) is 11.4 Å². The van der Waals surface area contributed by atoms with E-state index in [0.717, 1.165) is 27.2 Å². The number of carbonyl (C=O) groups excluding carboxylic acids is 1. The Hall–Kier alpha value is -1.99. The molecule has 5 nitrogen and oxygen atoms in total. The van der Waals surface area contributed by atoms with Crippen molar-refractivity contribution in [2.75, 3.05) is 11.1 Å². The molecule has 0 bridgehead atoms. The number of rotatable bonds is 2. The van der Waals surface area contributed by atoms with Gasteiger partial charge in [0.2, 0.25) is 0 Å². The topological polar surface area (TPSA) is 80.9 Å². The summed E-state index contributed by atoms with van der Waals surface area (Å²) in [5.74, 6) is -0.222. The number of nitrogens with zero attached hydrogens (tertiary/aromatic N) is 2. The van der Waals surface area contributed by atoms with Crippen molar-refractivity contribution < 1.29 is 4.79 Å². The van der Waals surface area contributed by atoms with Crippen LogP contribution in [0.25, 0.3) is 10.1 Å². The molecule has 0 aromatic carbocycles. The first-order valence-corrected chi connectivity index (χ1v) is 8.05. The van der Waals surface area contributed by atoms with Gasteiger partial charge in [-0.3, -0.25) is 15.1 Å². The van der Waals surface area contributed by atoms with Crippen LogP contribution < -0.4 is 11.1 Å². The molecule has 0 atom stereocenters. The van der Waals surface area contributed by atoms with Crippen LogP contribution in [0.2, 0.25) is 0 Å². The molecule has 0 aliphatic heterocycles. The molecule has 0 saturated heterocycles. The number of anilines is 2. The Kier molecular flexibility index (Phi) is 3.38. The second kappa shape index (κ2) is 5.09. The van der Waals surface area contributed by atoms with Gasteiger partial charge in [-0.2, -0.15) is 0 Å². The highest BCUT2D eigenvalue weighted by Gasteiger charge is 2.19. The Bertz CT molecular complexity index is 850. The Labute approximate surface area is 129 Å². The summed E-state index contributed by atoms with van der Waals surface area (Å²) in [5.41, 5.74) is 9.29. The fourth-order valence-electron chi connectivity index (χ4n) is 2.21. The molecule has 3 aromatic rings. The number of amides is 1. The van der Waals surface area contributed by atoms with Crippen molar-refractivity contribution in [1.29, 1.82) is 0 Å². The highest BCUT2D eigenvalue weighted by atomic mass is 32.1. The monoisotopic (exact) mass is 318 g/mol. The second-order valence-corrected chi connectivity index (χ2v) is 6.73. The van der Waals surface area contributed by atoms with Gasteiger partial charge in [-0.25, -0.2) is 4.98 Å². The minimum absolute atomic E-state index is 0.222. The van der Waals surface area contributed by atoms with Crippen molar-refractivity contribution in [3.63, 3.8) is 0 Å². The van der Waals surface area contributed by atoms with E-state index in [-0.39, 0.29) is 5.91 Å². The lowest BCUT2D eigenvalue weighted by atomic mass is 10.2. The summed E-state index contributed by atoms with van der Waals surface area (Å²) in [7, 11) is 0. The molecule has 0 unspecified atom stereocenters. The van der Waals surface area contributed by atoms with E-state index < -0.39 is 0 Å². The summed E-state index contributed by atoms with van der Waals surface area (Å²) < 4.78 is 0.984. The van der Waals surface area contributed by atoms with Crippen LogP contribution in [0.5, 0.6) is 0 Å². The van der Waals surface area contributed by atoms with Crippen molar-refractivity contribution in [2.45, 2.75) is 20.8 Å². The molecule has 21 heavy (non-hydrogen) atoms. The molecular weight excluding hydrogens is 304 g/mol. The molecular formula is C14H14N4OS2. The van der Waals surface area contributed by atoms with E-state index in [4.69, 9.17) is 5.73 Å². The number of nitrogen functional groups attached to an aromatic ring is 1. The van der Waals surface area contributed by atoms with Gasteiger partial charge in [-0.15, -0.1) is 22.7 Å². The Morgan fingerprint density at radius 1 is 1.24 bits per heavy atom. The first-order chi connectivity index (χ1) is 9.95. The van der Waals surface area contributed by atoms with Crippen molar-refractivity contribution in [3.05, 3.63) is 33.4 Å². The number of aryl methyl sites for hydroxylation is 3. The molecule has 0 saturated carbocycles. The molecule has 0 aliphatic carbocycles. The zero-order chi connectivity index (χ0) is 15.1. The summed E-state index contributed by atoms with van der Waals surface area (Å²) in [4.78, 5) is 21.5. The van der Waals surface area contributed by atoms with Gasteiger partial charge in [-0.05, 0) is 26.8 Å². The number of thiophene rings is 1. The molecule has 108 valence electrons. The van der Waals surface area contributed by atoms with Crippen LogP contribution in [-0.4, -0.2) is 15.9 Å². The van der Waals surface area contributed by atoms with Crippen molar-refractivity contribution in [3.8, 4) is 0 Å². The molecule has 0 radical (unpaired) electrons. The van der Waals surface area contributed by atoms with Gasteiger partial charge in [0.25, 0.3) is 5.91 Å². The van der Waals surface area contributed by atoms with Crippen molar-refractivity contribution in [1.82, 2.24) is 9.97 Å². The van der Waals surface area contributed by atoms with E-state index in [0.29, 0.717) is 15.7 Å². The van der Waals surface area contributed by atoms with Crippen molar-refractivity contribution >= 4 is 49.5 Å². The standard InChI is InChI=1S/C14H14N4OS2/c1-6-4-9-10(8(3)16-6)11(15)12(21-9)13(19)18-14-17-7(2)5-20-14/h4-5H,15H2,1-3H3,(H,17,18,19). The lowest BCUT2D eigenvalue weighted by Crippen LogP contribution is -2.11. The average molecular weight is 318 g/mol. The van der Waals surface area contributed by atoms with E-state index in [2.05, 4.69) is 15.3 Å². The first kappa shape index (κ1) is 14.0. The summed E-state index contributed by atoms with van der Waals surface area (Å²) in [6, 6.07) is 1.95. The number of nitrogens with two attached hydrogens (primary N) is 1. The van der Waals surface area contributed by atoms with Gasteiger partial charge < -0.3 is 5.73 Å². The van der Waals surface area contributed by atoms with Crippen molar-refractivity contribution in [2.24, 2.45) is 0 Å². The van der Waals surface area contributed by atoms with Crippen LogP contribution in [0, 0.1) is 20.8 Å². The molecule has 0 fully saturated rings. The van der Waals surface area contributed by atoms with Gasteiger partial charge >= 0.3 is 0 Å². The van der Waals surface area contributed by atoms with Gasteiger partial charge in [-0.1, -0.05) is 0 Å². The van der Waals surface area contributed by atoms with Gasteiger partial charge in [0.15, 0.2) is 5.13 Å². The van der Waals surface area contributed by atoms with Crippen LogP contribution in [0.1, 0.15) is 26.8 Å². The van der Waals surface area contributed by atoms with Crippen LogP contribution >= 0.6 is 22.7 Å². The summed E-state index contributed by atoms with van der Waals surface area (Å²) in [6.07, 6.45) is 0. The predicted molar refractivity (Wildman–Crippen MR) is 88.3 cm³/mol. The van der Waals surface area contributed by atoms with Gasteiger partial charge in [0.1, 0.15) is 4.88 Å². The van der Waals surface area contributed by atoms with Crippen LogP contribution in [0.4, 0.5) is 10.8 Å². The number of nitrogens with one attached hydrogen (secondary N) is 1. The Morgan fingerprint density at radius 2 is 2.00 bits per heavy atom. The maximum atomic E-state index is 12.4. The molecule has 3 heterocycles. The smallest absolute Gasteiger partial charge is 0.269 e. The third-order valence-electron chi connectivity index (χ3n) is 3.06. The fraction of sp³-hybridized carbons (Fsp3) is 0.214. The lowest BCUT2D eigenvalue weighted by molar-refractivity contribution is 0.103. The number of hydrogen-bond donors (Lipinski definition) is 2. The number of carbonyl (C=O) groups is 1. The molecule has 1 amide bonds. The zero-order valence-corrected chi connectivity index (χ0v) is 13.5. The lowest BCUT2D eigenvalue weighted by Gasteiger charge is -2.01. The number of aromatic nitrogens is 2. The highest BCUT2D eigenvalue weighted by molar-refractivity contribution is 7.21. The molecule has 0 spiro atoms. The van der Waals surface area contributed by atoms with Crippen LogP contribution in [0.15, 0.2) is 11.4 Å². The molecule has 7 heteroatoms. The predicted octanol–water partition coefficient (Wildman–Crippen LogP) is 3.51. The van der Waals surface area contributed by atoms with E-state index in [1.807, 2.05) is 32.2 Å². The maximum absolute atomic E-state index is 12.4. The summed E-state index contributed by atoms with van der Waals surface area (Å²) in [6.45, 7) is 5.72. The number of pyridine rings is 1. The second-order valence-electron chi connectivity index (χ2n) is 4.82. The molecule has 0 aliphatic rings. The number of fused-ring (bicyclic) bond motifs is 1. The molecule has 3 rings (SSSR count). The summed E-state index contributed by atoms with van der Waals surface area (Å²) in [5, 5.41) is 6.13. The van der Waals surface area contributed by atoms with Crippen LogP contribution in [0.3, 0.4) is 0 Å². The largest absolute Gasteiger partial charge is 0.397 e. The van der Waals surface area contributed by atoms with E-state index in [9.17, 15) is 4.79 Å². The first-order valence-electron chi connectivity index (χ1n) is 6.35. The Balaban J connectivity index is 2.02. The maximum Gasteiger partial charge on any atom is 0.269 e. The normalized spacial score (nSPS) is 11.0. The fourth-order valence-corrected chi connectivity index (χ4v) is 4.06. The zero-order valence-electron chi connectivity index (χ0n) is 11.9. The minimum atomic E-state index is -0.222. The van der Waals surface area contributed by atoms with E-state index in [1.165, 1.54) is 22.7 Å². The van der Waals surface area contributed by atoms with Gasteiger partial charge in [0, 0.05) is 26.9 Å². The number of thiazole rings is 1. The molecule has 3 aromatic heterocycles. The quantitative estimate of drug-likeness (QED) is 0.757. The third-order valence-corrected chi connectivity index (χ3v) is 5.09. The van der Waals surface area contributed by atoms with E-state index >= 15 is 0 Å². The average Bonchev–Trinajstić information content (AvgIpc) is 2.93.